The fourth-order valence-corrected chi connectivity index (χ4v) is 3.66. The number of hydrogen-bond donors (Lipinski definition) is 1. The van der Waals surface area contributed by atoms with Crippen LogP contribution in [0, 0.1) is 0 Å². The number of ether oxygens (including phenoxy) is 3. The van der Waals surface area contributed by atoms with Gasteiger partial charge in [0.2, 0.25) is 5.75 Å². The SMILES string of the molecule is CCc1ccc(-c2csc(NC(=O)c3cc(OC)c4c(c3)OCCO4)n2)cc1. The van der Waals surface area contributed by atoms with Crippen molar-refractivity contribution < 1.29 is 19.0 Å². The average Bonchev–Trinajstić information content (AvgIpc) is 3.21. The number of methoxy groups -OCH3 is 1. The minimum atomic E-state index is -0.280. The first-order chi connectivity index (χ1) is 13.7. The average molecular weight is 396 g/mol. The summed E-state index contributed by atoms with van der Waals surface area (Å²) < 4.78 is 16.5. The Balaban J connectivity index is 1.53. The van der Waals surface area contributed by atoms with Gasteiger partial charge in [-0.3, -0.25) is 10.1 Å². The Morgan fingerprint density at radius 1 is 1.21 bits per heavy atom. The van der Waals surface area contributed by atoms with Crippen LogP contribution in [-0.2, 0) is 6.42 Å². The van der Waals surface area contributed by atoms with Crippen LogP contribution in [-0.4, -0.2) is 31.2 Å². The zero-order valence-corrected chi connectivity index (χ0v) is 16.5. The highest BCUT2D eigenvalue weighted by atomic mass is 32.1. The zero-order valence-electron chi connectivity index (χ0n) is 15.7. The molecule has 0 unspecified atom stereocenters. The third kappa shape index (κ3) is 3.66. The van der Waals surface area contributed by atoms with E-state index in [9.17, 15) is 4.79 Å². The molecule has 1 amide bonds. The van der Waals surface area contributed by atoms with Crippen LogP contribution >= 0.6 is 11.3 Å². The maximum absolute atomic E-state index is 12.7. The van der Waals surface area contributed by atoms with Gasteiger partial charge in [-0.1, -0.05) is 31.2 Å². The highest BCUT2D eigenvalue weighted by molar-refractivity contribution is 7.14. The van der Waals surface area contributed by atoms with Gasteiger partial charge in [0.25, 0.3) is 5.91 Å². The van der Waals surface area contributed by atoms with E-state index in [1.807, 2.05) is 17.5 Å². The molecule has 1 aliphatic heterocycles. The smallest absolute Gasteiger partial charge is 0.257 e. The van der Waals surface area contributed by atoms with Gasteiger partial charge in [0.15, 0.2) is 16.6 Å². The molecule has 0 atom stereocenters. The minimum Gasteiger partial charge on any atom is -0.493 e. The Labute approximate surface area is 167 Å². The third-order valence-corrected chi connectivity index (χ3v) is 5.23. The van der Waals surface area contributed by atoms with Crippen LogP contribution in [0.1, 0.15) is 22.8 Å². The Kier molecular flexibility index (Phi) is 5.16. The second kappa shape index (κ2) is 7.90. The predicted molar refractivity (Wildman–Crippen MR) is 109 cm³/mol. The molecule has 7 heteroatoms. The van der Waals surface area contributed by atoms with Crippen LogP contribution in [0.25, 0.3) is 11.3 Å². The predicted octanol–water partition coefficient (Wildman–Crippen LogP) is 4.40. The fraction of sp³-hybridized carbons (Fsp3) is 0.238. The van der Waals surface area contributed by atoms with Crippen molar-refractivity contribution >= 4 is 22.4 Å². The van der Waals surface area contributed by atoms with Crippen molar-refractivity contribution in [1.29, 1.82) is 0 Å². The van der Waals surface area contributed by atoms with Crippen molar-refractivity contribution in [2.45, 2.75) is 13.3 Å². The first kappa shape index (κ1) is 18.3. The number of hydrogen-bond acceptors (Lipinski definition) is 6. The van der Waals surface area contributed by atoms with Gasteiger partial charge < -0.3 is 14.2 Å². The van der Waals surface area contributed by atoms with Gasteiger partial charge in [-0.05, 0) is 24.1 Å². The Morgan fingerprint density at radius 3 is 2.75 bits per heavy atom. The molecule has 2 heterocycles. The highest BCUT2D eigenvalue weighted by Gasteiger charge is 2.21. The van der Waals surface area contributed by atoms with E-state index in [2.05, 4.69) is 29.4 Å². The fourth-order valence-electron chi connectivity index (χ4n) is 2.95. The van der Waals surface area contributed by atoms with E-state index in [0.717, 1.165) is 17.7 Å². The summed E-state index contributed by atoms with van der Waals surface area (Å²) in [4.78, 5) is 17.2. The molecule has 144 valence electrons. The summed E-state index contributed by atoms with van der Waals surface area (Å²) in [6.45, 7) is 3.02. The number of aryl methyl sites for hydroxylation is 1. The van der Waals surface area contributed by atoms with Crippen LogP contribution in [0.15, 0.2) is 41.8 Å². The molecule has 2 aromatic carbocycles. The zero-order chi connectivity index (χ0) is 19.5. The number of anilines is 1. The van der Waals surface area contributed by atoms with Crippen molar-refractivity contribution in [3.05, 3.63) is 52.9 Å². The van der Waals surface area contributed by atoms with Gasteiger partial charge in [-0.25, -0.2) is 4.98 Å². The van der Waals surface area contributed by atoms with Gasteiger partial charge in [0.05, 0.1) is 12.8 Å². The van der Waals surface area contributed by atoms with Gasteiger partial charge in [-0.2, -0.15) is 0 Å². The van der Waals surface area contributed by atoms with Crippen molar-refractivity contribution in [3.8, 4) is 28.5 Å². The number of nitrogens with zero attached hydrogens (tertiary/aromatic N) is 1. The van der Waals surface area contributed by atoms with E-state index in [0.29, 0.717) is 41.2 Å². The molecular formula is C21H20N2O4S. The molecule has 0 radical (unpaired) electrons. The molecule has 4 rings (SSSR count). The van der Waals surface area contributed by atoms with Crippen LogP contribution in [0.4, 0.5) is 5.13 Å². The maximum atomic E-state index is 12.7. The van der Waals surface area contributed by atoms with E-state index < -0.39 is 0 Å². The van der Waals surface area contributed by atoms with Gasteiger partial charge >= 0.3 is 0 Å². The lowest BCUT2D eigenvalue weighted by molar-refractivity contribution is 0.102. The number of benzene rings is 2. The van der Waals surface area contributed by atoms with Crippen LogP contribution in [0.3, 0.4) is 0 Å². The number of fused-ring (bicyclic) bond motifs is 1. The lowest BCUT2D eigenvalue weighted by Crippen LogP contribution is -2.18. The Bertz CT molecular complexity index is 981. The van der Waals surface area contributed by atoms with Gasteiger partial charge in [0, 0.05) is 16.5 Å². The molecule has 6 nitrogen and oxygen atoms in total. The molecule has 0 bridgehead atoms. The minimum absolute atomic E-state index is 0.280. The molecule has 28 heavy (non-hydrogen) atoms. The number of aromatic nitrogens is 1. The molecule has 0 aliphatic carbocycles. The number of rotatable bonds is 5. The summed E-state index contributed by atoms with van der Waals surface area (Å²) in [5.74, 6) is 1.22. The largest absolute Gasteiger partial charge is 0.493 e. The second-order valence-corrected chi connectivity index (χ2v) is 7.10. The summed E-state index contributed by atoms with van der Waals surface area (Å²) in [6.07, 6.45) is 0.998. The Hall–Kier alpha value is -3.06. The topological polar surface area (TPSA) is 69.7 Å². The summed E-state index contributed by atoms with van der Waals surface area (Å²) in [5, 5.41) is 5.31. The first-order valence-corrected chi connectivity index (χ1v) is 9.89. The normalized spacial score (nSPS) is 12.5. The summed E-state index contributed by atoms with van der Waals surface area (Å²) in [5.41, 5.74) is 3.56. The number of carbonyl (C=O) groups is 1. The molecule has 0 spiro atoms. The van der Waals surface area contributed by atoms with Crippen LogP contribution in [0.2, 0.25) is 0 Å². The van der Waals surface area contributed by atoms with Crippen LogP contribution < -0.4 is 19.5 Å². The highest BCUT2D eigenvalue weighted by Crippen LogP contribution is 2.40. The molecule has 1 aromatic heterocycles. The number of carbonyl (C=O) groups excluding carboxylic acids is 1. The third-order valence-electron chi connectivity index (χ3n) is 4.47. The first-order valence-electron chi connectivity index (χ1n) is 9.01. The van der Waals surface area contributed by atoms with Crippen molar-refractivity contribution in [2.75, 3.05) is 25.6 Å². The van der Waals surface area contributed by atoms with Crippen molar-refractivity contribution in [3.63, 3.8) is 0 Å². The van der Waals surface area contributed by atoms with E-state index in [1.165, 1.54) is 24.0 Å². The lowest BCUT2D eigenvalue weighted by atomic mass is 10.1. The van der Waals surface area contributed by atoms with Gasteiger partial charge in [-0.15, -0.1) is 11.3 Å². The van der Waals surface area contributed by atoms with E-state index >= 15 is 0 Å². The van der Waals surface area contributed by atoms with Crippen molar-refractivity contribution in [2.24, 2.45) is 0 Å². The summed E-state index contributed by atoms with van der Waals surface area (Å²) in [7, 11) is 1.53. The number of nitrogens with one attached hydrogen (secondary N) is 1. The van der Waals surface area contributed by atoms with E-state index in [-0.39, 0.29) is 5.91 Å². The summed E-state index contributed by atoms with van der Waals surface area (Å²) >= 11 is 1.39. The van der Waals surface area contributed by atoms with Gasteiger partial charge in [0.1, 0.15) is 13.2 Å². The monoisotopic (exact) mass is 396 g/mol. The molecule has 0 fully saturated rings. The molecule has 0 saturated heterocycles. The molecule has 3 aromatic rings. The maximum Gasteiger partial charge on any atom is 0.257 e. The Morgan fingerprint density at radius 2 is 2.00 bits per heavy atom. The van der Waals surface area contributed by atoms with E-state index in [1.54, 1.807) is 12.1 Å². The molecule has 0 saturated carbocycles. The second-order valence-electron chi connectivity index (χ2n) is 6.25. The van der Waals surface area contributed by atoms with E-state index in [4.69, 9.17) is 14.2 Å². The summed E-state index contributed by atoms with van der Waals surface area (Å²) in [6, 6.07) is 11.6. The van der Waals surface area contributed by atoms with Crippen LogP contribution in [0.5, 0.6) is 17.2 Å². The lowest BCUT2D eigenvalue weighted by Gasteiger charge is -2.21. The number of thiazole rings is 1. The molecule has 1 N–H and O–H groups in total. The molecular weight excluding hydrogens is 376 g/mol. The quantitative estimate of drug-likeness (QED) is 0.692. The molecule has 1 aliphatic rings. The van der Waals surface area contributed by atoms with Crippen molar-refractivity contribution in [1.82, 2.24) is 4.98 Å². The standard InChI is InChI=1S/C21H20N2O4S/c1-3-13-4-6-14(7-5-13)16-12-28-21(22-16)23-20(24)15-10-17(25-2)19-18(11-15)26-8-9-27-19/h4-7,10-12H,3,8-9H2,1-2H3,(H,22,23,24). The number of amides is 1.